The Bertz CT molecular complexity index is 386. The minimum absolute atomic E-state index is 0.101. The van der Waals surface area contributed by atoms with Crippen molar-refractivity contribution in [3.63, 3.8) is 0 Å². The number of phenols is 1. The minimum Gasteiger partial charge on any atom is -0.508 e. The summed E-state index contributed by atoms with van der Waals surface area (Å²) in [4.78, 5) is 11.8. The third-order valence-electron chi connectivity index (χ3n) is 2.91. The van der Waals surface area contributed by atoms with E-state index in [2.05, 4.69) is 5.32 Å². The molecule has 4 nitrogen and oxygen atoms in total. The predicted molar refractivity (Wildman–Crippen MR) is 65.7 cm³/mol. The molecule has 0 fully saturated rings. The number of carbonyl (C=O) groups is 1. The van der Waals surface area contributed by atoms with Crippen LogP contribution in [0.4, 0.5) is 0 Å². The van der Waals surface area contributed by atoms with E-state index < -0.39 is 5.54 Å². The largest absolute Gasteiger partial charge is 0.508 e. The van der Waals surface area contributed by atoms with Gasteiger partial charge in [0, 0.05) is 5.56 Å². The molecule has 0 heterocycles. The number of benzene rings is 1. The van der Waals surface area contributed by atoms with Gasteiger partial charge in [0.2, 0.25) is 5.91 Å². The summed E-state index contributed by atoms with van der Waals surface area (Å²) in [6.07, 6.45) is 0.762. The summed E-state index contributed by atoms with van der Waals surface area (Å²) in [5.41, 5.74) is -0.0111. The molecule has 0 bridgehead atoms. The lowest BCUT2D eigenvalue weighted by molar-refractivity contribution is -0.122. The summed E-state index contributed by atoms with van der Waals surface area (Å²) in [6, 6.07) is 6.73. The molecule has 0 radical (unpaired) electrons. The van der Waals surface area contributed by atoms with E-state index >= 15 is 0 Å². The maximum absolute atomic E-state index is 11.8. The van der Waals surface area contributed by atoms with Crippen LogP contribution < -0.4 is 5.32 Å². The van der Waals surface area contributed by atoms with Crippen LogP contribution in [0.5, 0.6) is 5.75 Å². The summed E-state index contributed by atoms with van der Waals surface area (Å²) < 4.78 is 0. The zero-order valence-electron chi connectivity index (χ0n) is 10.2. The van der Waals surface area contributed by atoms with Crippen LogP contribution in [-0.4, -0.2) is 28.3 Å². The number of aliphatic hydroxyl groups is 1. The smallest absolute Gasteiger partial charge is 0.225 e. The molecule has 4 heteroatoms. The number of para-hydroxylation sites is 1. The average molecular weight is 237 g/mol. The average Bonchev–Trinajstić information content (AvgIpc) is 2.32. The number of hydrogen-bond donors (Lipinski definition) is 3. The van der Waals surface area contributed by atoms with E-state index in [1.54, 1.807) is 31.2 Å². The van der Waals surface area contributed by atoms with Crippen molar-refractivity contribution >= 4 is 5.91 Å². The number of phenolic OH excluding ortho intramolecular Hbond substituents is 1. The third-order valence-corrected chi connectivity index (χ3v) is 2.91. The van der Waals surface area contributed by atoms with Gasteiger partial charge in [-0.05, 0) is 19.4 Å². The van der Waals surface area contributed by atoms with E-state index in [1.165, 1.54) is 0 Å². The summed E-state index contributed by atoms with van der Waals surface area (Å²) in [7, 11) is 0. The van der Waals surface area contributed by atoms with Crippen molar-refractivity contribution in [2.24, 2.45) is 0 Å². The first kappa shape index (κ1) is 13.5. The third kappa shape index (κ3) is 3.75. The predicted octanol–water partition coefficient (Wildman–Crippen LogP) is 1.21. The van der Waals surface area contributed by atoms with Crippen LogP contribution in [0.2, 0.25) is 0 Å². The Kier molecular flexibility index (Phi) is 4.52. The number of aliphatic hydroxyl groups excluding tert-OH is 1. The molecule has 1 atom stereocenters. The molecule has 0 aromatic heterocycles. The molecule has 0 spiro atoms. The first-order chi connectivity index (χ1) is 8.00. The van der Waals surface area contributed by atoms with Crippen molar-refractivity contribution in [2.75, 3.05) is 6.61 Å². The summed E-state index contributed by atoms with van der Waals surface area (Å²) in [5, 5.41) is 21.5. The van der Waals surface area contributed by atoms with E-state index in [0.29, 0.717) is 12.0 Å². The van der Waals surface area contributed by atoms with E-state index in [1.807, 2.05) is 6.92 Å². The molecule has 3 N–H and O–H groups in total. The molecule has 94 valence electrons. The van der Waals surface area contributed by atoms with E-state index in [0.717, 1.165) is 0 Å². The summed E-state index contributed by atoms with van der Waals surface area (Å²) >= 11 is 0. The lowest BCUT2D eigenvalue weighted by Gasteiger charge is -2.27. The van der Waals surface area contributed by atoms with Gasteiger partial charge in [-0.25, -0.2) is 0 Å². The molecular formula is C13H19NO3. The van der Waals surface area contributed by atoms with Gasteiger partial charge in [-0.15, -0.1) is 0 Å². The van der Waals surface area contributed by atoms with Gasteiger partial charge in [0.05, 0.1) is 18.6 Å². The fourth-order valence-electron chi connectivity index (χ4n) is 1.45. The van der Waals surface area contributed by atoms with Crippen LogP contribution in [0.25, 0.3) is 0 Å². The van der Waals surface area contributed by atoms with Crippen LogP contribution in [0.15, 0.2) is 24.3 Å². The van der Waals surface area contributed by atoms with Crippen molar-refractivity contribution in [3.05, 3.63) is 29.8 Å². The zero-order chi connectivity index (χ0) is 12.9. The second-order valence-corrected chi connectivity index (χ2v) is 4.43. The SMILES string of the molecule is CCC(C)(CO)NC(=O)Cc1ccccc1O. The molecule has 17 heavy (non-hydrogen) atoms. The fraction of sp³-hybridized carbons (Fsp3) is 0.462. The van der Waals surface area contributed by atoms with Gasteiger partial charge in [0.25, 0.3) is 0 Å². The van der Waals surface area contributed by atoms with Crippen molar-refractivity contribution < 1.29 is 15.0 Å². The number of nitrogens with one attached hydrogen (secondary N) is 1. The van der Waals surface area contributed by atoms with Gasteiger partial charge in [0.1, 0.15) is 5.75 Å². The first-order valence-electron chi connectivity index (χ1n) is 5.69. The molecule has 1 amide bonds. The van der Waals surface area contributed by atoms with Crippen molar-refractivity contribution in [2.45, 2.75) is 32.2 Å². The highest BCUT2D eigenvalue weighted by Gasteiger charge is 2.23. The Labute approximate surface area is 101 Å². The lowest BCUT2D eigenvalue weighted by atomic mass is 9.99. The highest BCUT2D eigenvalue weighted by atomic mass is 16.3. The first-order valence-corrected chi connectivity index (χ1v) is 5.69. The standard InChI is InChI=1S/C13H19NO3/c1-3-13(2,9-15)14-12(17)8-10-6-4-5-7-11(10)16/h4-7,15-16H,3,8-9H2,1-2H3,(H,14,17). The molecule has 1 aromatic rings. The Hall–Kier alpha value is -1.55. The van der Waals surface area contributed by atoms with Gasteiger partial charge in [-0.2, -0.15) is 0 Å². The number of aromatic hydroxyl groups is 1. The molecule has 1 aromatic carbocycles. The second-order valence-electron chi connectivity index (χ2n) is 4.43. The van der Waals surface area contributed by atoms with Gasteiger partial charge >= 0.3 is 0 Å². The van der Waals surface area contributed by atoms with Crippen LogP contribution in [0, 0.1) is 0 Å². The summed E-state index contributed by atoms with van der Waals surface area (Å²) in [6.45, 7) is 3.59. The maximum Gasteiger partial charge on any atom is 0.225 e. The Morgan fingerprint density at radius 3 is 2.59 bits per heavy atom. The lowest BCUT2D eigenvalue weighted by Crippen LogP contribution is -2.48. The van der Waals surface area contributed by atoms with E-state index in [9.17, 15) is 15.0 Å². The van der Waals surface area contributed by atoms with Crippen molar-refractivity contribution in [1.82, 2.24) is 5.32 Å². The number of carbonyl (C=O) groups excluding carboxylic acids is 1. The van der Waals surface area contributed by atoms with Crippen LogP contribution >= 0.6 is 0 Å². The number of rotatable bonds is 5. The zero-order valence-corrected chi connectivity index (χ0v) is 10.2. The van der Waals surface area contributed by atoms with Crippen LogP contribution in [-0.2, 0) is 11.2 Å². The quantitative estimate of drug-likeness (QED) is 0.721. The van der Waals surface area contributed by atoms with Gasteiger partial charge in [-0.3, -0.25) is 4.79 Å². The molecule has 0 saturated carbocycles. The Morgan fingerprint density at radius 1 is 1.41 bits per heavy atom. The Morgan fingerprint density at radius 2 is 2.06 bits per heavy atom. The second kappa shape index (κ2) is 5.68. The van der Waals surface area contributed by atoms with Crippen molar-refractivity contribution in [3.8, 4) is 5.75 Å². The summed E-state index contributed by atoms with van der Waals surface area (Å²) in [5.74, 6) is -0.0882. The molecule has 0 aliphatic carbocycles. The number of hydrogen-bond acceptors (Lipinski definition) is 3. The van der Waals surface area contributed by atoms with Gasteiger partial charge in [-0.1, -0.05) is 25.1 Å². The van der Waals surface area contributed by atoms with Crippen LogP contribution in [0.3, 0.4) is 0 Å². The molecule has 0 aliphatic rings. The van der Waals surface area contributed by atoms with Gasteiger partial charge in [0.15, 0.2) is 0 Å². The number of amides is 1. The normalized spacial score (nSPS) is 14.1. The van der Waals surface area contributed by atoms with Crippen LogP contribution in [0.1, 0.15) is 25.8 Å². The minimum atomic E-state index is -0.596. The molecule has 1 unspecified atom stereocenters. The topological polar surface area (TPSA) is 69.6 Å². The molecular weight excluding hydrogens is 218 g/mol. The fourth-order valence-corrected chi connectivity index (χ4v) is 1.45. The Balaban J connectivity index is 2.65. The van der Waals surface area contributed by atoms with Gasteiger partial charge < -0.3 is 15.5 Å². The highest BCUT2D eigenvalue weighted by Crippen LogP contribution is 2.16. The monoisotopic (exact) mass is 237 g/mol. The van der Waals surface area contributed by atoms with E-state index in [4.69, 9.17) is 0 Å². The molecule has 0 aliphatic heterocycles. The van der Waals surface area contributed by atoms with Crippen molar-refractivity contribution in [1.29, 1.82) is 0 Å². The maximum atomic E-state index is 11.8. The highest BCUT2D eigenvalue weighted by molar-refractivity contribution is 5.80. The van der Waals surface area contributed by atoms with E-state index in [-0.39, 0.29) is 24.7 Å². The molecule has 0 saturated heterocycles. The molecule has 1 rings (SSSR count).